The van der Waals surface area contributed by atoms with Crippen LogP contribution in [0.25, 0.3) is 21.5 Å². The first kappa shape index (κ1) is 57.6. The third-order valence-electron chi connectivity index (χ3n) is 10.8. The summed E-state index contributed by atoms with van der Waals surface area (Å²) in [5.74, 6) is -1.62. The van der Waals surface area contributed by atoms with Crippen molar-refractivity contribution in [1.82, 2.24) is 0 Å². The third-order valence-corrected chi connectivity index (χ3v) is 13.7. The Hall–Kier alpha value is -6.72. The van der Waals surface area contributed by atoms with E-state index < -0.39 is 53.3 Å². The molecule has 23 heteroatoms. The van der Waals surface area contributed by atoms with E-state index in [0.29, 0.717) is 63.1 Å². The van der Waals surface area contributed by atoms with Gasteiger partial charge in [0.05, 0.1) is 51.6 Å². The molecule has 0 unspecified atom stereocenters. The van der Waals surface area contributed by atoms with Gasteiger partial charge in [-0.05, 0) is 122 Å². The number of aromatic hydroxyl groups is 1. The van der Waals surface area contributed by atoms with Gasteiger partial charge in [0.15, 0.2) is 5.75 Å². The fourth-order valence-corrected chi connectivity index (χ4v) is 9.46. The number of phenols is 1. The minimum atomic E-state index is -4.62. The van der Waals surface area contributed by atoms with Crippen LogP contribution in [-0.2, 0) is 20.2 Å². The SMILES string of the molecule is CCOc1ccccc1N=C([O-])c1cc2ccccc2c(N=Nc2cc(C)c(Cl)c(S(=O)(=O)O)c2)c1[O-].CCOc1ccccc1NC(=O)c1cc2ccccc2c(N=Nc2cc(C)c(Cl)c(S(=O)(=O)O)c2)c1O.[Ca+2]. The Labute approximate surface area is 470 Å². The number of carbonyl (C=O) groups excluding carboxylic acids is 1. The van der Waals surface area contributed by atoms with Crippen LogP contribution in [0.5, 0.6) is 23.0 Å². The molecule has 0 atom stereocenters. The van der Waals surface area contributed by atoms with E-state index in [9.17, 15) is 46.1 Å². The van der Waals surface area contributed by atoms with Gasteiger partial charge in [0.2, 0.25) is 0 Å². The number of amides is 1. The number of ether oxygens (including phenoxy) is 2. The van der Waals surface area contributed by atoms with Crippen molar-refractivity contribution in [3.63, 3.8) is 0 Å². The summed E-state index contributed by atoms with van der Waals surface area (Å²) in [7, 11) is -9.23. The fourth-order valence-electron chi connectivity index (χ4n) is 7.34. The quantitative estimate of drug-likeness (QED) is 0.0260. The number of halogens is 2. The number of nitrogens with one attached hydrogen (secondary N) is 1. The second kappa shape index (κ2) is 24.7. The summed E-state index contributed by atoms with van der Waals surface area (Å²) in [6.07, 6.45) is 0. The van der Waals surface area contributed by atoms with Crippen LogP contribution in [0.3, 0.4) is 0 Å². The number of rotatable bonds is 14. The maximum absolute atomic E-state index is 13.4. The Morgan fingerprint density at radius 3 is 1.63 bits per heavy atom. The number of hydrogen-bond donors (Lipinski definition) is 4. The maximum atomic E-state index is 13.4. The molecule has 75 heavy (non-hydrogen) atoms. The second-order valence-corrected chi connectivity index (χ2v) is 19.4. The van der Waals surface area contributed by atoms with E-state index in [1.165, 1.54) is 31.2 Å². The molecule has 0 spiro atoms. The molecule has 0 saturated heterocycles. The molecule has 8 aromatic rings. The number of phenolic OH excluding ortho intramolecular Hbond substituents is 1. The first-order valence-electron chi connectivity index (χ1n) is 22.1. The van der Waals surface area contributed by atoms with Crippen molar-refractivity contribution in [2.45, 2.75) is 37.5 Å². The maximum Gasteiger partial charge on any atom is 2.00 e. The summed E-state index contributed by atoms with van der Waals surface area (Å²) in [5.41, 5.74) is 1.09. The summed E-state index contributed by atoms with van der Waals surface area (Å²) < 4.78 is 76.8. The average molecular weight is 1120 g/mol. The van der Waals surface area contributed by atoms with Crippen LogP contribution >= 0.6 is 23.2 Å². The topological polar surface area (TPSA) is 284 Å². The molecule has 0 aromatic heterocycles. The van der Waals surface area contributed by atoms with Crippen molar-refractivity contribution in [3.8, 4) is 23.0 Å². The number of nitrogens with zero attached hydrogens (tertiary/aromatic N) is 5. The predicted molar refractivity (Wildman–Crippen MR) is 284 cm³/mol. The molecule has 380 valence electrons. The van der Waals surface area contributed by atoms with Gasteiger partial charge in [0.25, 0.3) is 26.1 Å². The van der Waals surface area contributed by atoms with Crippen LogP contribution < -0.4 is 25.0 Å². The predicted octanol–water partition coefficient (Wildman–Crippen LogP) is 11.8. The van der Waals surface area contributed by atoms with Crippen molar-refractivity contribution in [3.05, 3.63) is 166 Å². The van der Waals surface area contributed by atoms with Gasteiger partial charge in [0.1, 0.15) is 32.7 Å². The number of para-hydroxylation sites is 4. The Kier molecular flexibility index (Phi) is 19.0. The van der Waals surface area contributed by atoms with Crippen LogP contribution in [0, 0.1) is 13.8 Å². The molecule has 0 heterocycles. The minimum absolute atomic E-state index is 0. The van der Waals surface area contributed by atoms with E-state index in [4.69, 9.17) is 32.7 Å². The molecule has 0 fully saturated rings. The normalized spacial score (nSPS) is 11.9. The summed E-state index contributed by atoms with van der Waals surface area (Å²) >= 11 is 12.0. The van der Waals surface area contributed by atoms with Crippen molar-refractivity contribution in [2.24, 2.45) is 25.4 Å². The van der Waals surface area contributed by atoms with E-state index in [1.54, 1.807) is 111 Å². The van der Waals surface area contributed by atoms with Gasteiger partial charge in [-0.1, -0.05) is 102 Å². The Morgan fingerprint density at radius 1 is 0.627 bits per heavy atom. The van der Waals surface area contributed by atoms with E-state index >= 15 is 0 Å². The largest absolute Gasteiger partial charge is 2.00 e. The summed E-state index contributed by atoms with van der Waals surface area (Å²) in [6, 6.07) is 35.4. The molecule has 8 aromatic carbocycles. The summed E-state index contributed by atoms with van der Waals surface area (Å²) in [5, 5.41) is 58.4. The first-order chi connectivity index (χ1) is 35.2. The van der Waals surface area contributed by atoms with Crippen LogP contribution in [0.15, 0.2) is 169 Å². The van der Waals surface area contributed by atoms with Crippen molar-refractivity contribution < 1.29 is 55.5 Å². The van der Waals surface area contributed by atoms with Crippen molar-refractivity contribution in [1.29, 1.82) is 0 Å². The molecular formula is C52H42CaCl2N6O12S2. The second-order valence-electron chi connectivity index (χ2n) is 15.9. The zero-order chi connectivity index (χ0) is 53.5. The Balaban J connectivity index is 0.000000241. The standard InChI is InChI=1S/2C26H22ClN3O6S.Ca/c2*1-3-36-21-11-7-6-10-20(21)28-26(32)19-13-16-8-4-5-9-18(16)24(25(19)31)30-29-17-12-15(2)23(27)22(14-17)37(33,34)35;/h2*4-14,31H,3H2,1-2H3,(H,28,32)(H,33,34,35);/q;;+2/p-2. The van der Waals surface area contributed by atoms with E-state index in [1.807, 2.05) is 6.92 Å². The number of carbonyl (C=O) groups is 1. The monoisotopic (exact) mass is 1120 g/mol. The molecule has 0 saturated carbocycles. The van der Waals surface area contributed by atoms with Crippen LogP contribution in [0.4, 0.5) is 34.1 Å². The zero-order valence-electron chi connectivity index (χ0n) is 40.1. The molecule has 0 bridgehead atoms. The fraction of sp³-hybridized carbons (Fsp3) is 0.115. The zero-order valence-corrected chi connectivity index (χ0v) is 45.5. The molecule has 0 aliphatic carbocycles. The van der Waals surface area contributed by atoms with E-state index in [2.05, 4.69) is 30.8 Å². The number of azo groups is 2. The van der Waals surface area contributed by atoms with Crippen LogP contribution in [-0.4, -0.2) is 93.8 Å². The van der Waals surface area contributed by atoms with E-state index in [-0.39, 0.29) is 87.3 Å². The van der Waals surface area contributed by atoms with Gasteiger partial charge in [-0.15, -0.1) is 5.11 Å². The number of hydrogen-bond acceptors (Lipinski definition) is 15. The van der Waals surface area contributed by atoms with E-state index in [0.717, 1.165) is 12.1 Å². The molecule has 8 rings (SSSR count). The number of aliphatic imine (C=N–C) groups is 1. The average Bonchev–Trinajstić information content (AvgIpc) is 3.35. The van der Waals surface area contributed by atoms with Gasteiger partial charge in [-0.25, -0.2) is 0 Å². The Morgan fingerprint density at radius 2 is 1.08 bits per heavy atom. The number of benzene rings is 8. The molecular weight excluding hydrogens is 1080 g/mol. The minimum Gasteiger partial charge on any atom is -0.871 e. The molecule has 4 N–H and O–H groups in total. The summed E-state index contributed by atoms with van der Waals surface area (Å²) in [6.45, 7) is 7.49. The molecule has 0 aliphatic heterocycles. The van der Waals surface area contributed by atoms with Crippen LogP contribution in [0.2, 0.25) is 10.0 Å². The smallest absolute Gasteiger partial charge is 0.871 e. The van der Waals surface area contributed by atoms with Crippen molar-refractivity contribution in [2.75, 3.05) is 18.5 Å². The third kappa shape index (κ3) is 13.6. The molecule has 1 amide bonds. The van der Waals surface area contributed by atoms with Crippen LogP contribution in [0.1, 0.15) is 40.9 Å². The van der Waals surface area contributed by atoms with Gasteiger partial charge in [-0.3, -0.25) is 18.9 Å². The molecule has 0 radical (unpaired) electrons. The number of aryl methyl sites for hydroxylation is 2. The van der Waals surface area contributed by atoms with Gasteiger partial charge < -0.3 is 30.1 Å². The van der Waals surface area contributed by atoms with Crippen molar-refractivity contribution >= 4 is 149 Å². The summed E-state index contributed by atoms with van der Waals surface area (Å²) in [4.78, 5) is 16.2. The Bertz CT molecular complexity index is 3830. The van der Waals surface area contributed by atoms with Gasteiger partial charge in [0, 0.05) is 10.8 Å². The first-order valence-corrected chi connectivity index (χ1v) is 25.7. The molecule has 0 aliphatic rings. The molecule has 18 nitrogen and oxygen atoms in total. The van der Waals surface area contributed by atoms with Gasteiger partial charge in [-0.2, -0.15) is 32.2 Å². The number of fused-ring (bicyclic) bond motifs is 2. The number of anilines is 1. The van der Waals surface area contributed by atoms with Gasteiger partial charge >= 0.3 is 37.7 Å².